The third-order valence-corrected chi connectivity index (χ3v) is 7.56. The Morgan fingerprint density at radius 2 is 1.82 bits per heavy atom. The van der Waals surface area contributed by atoms with Gasteiger partial charge in [0, 0.05) is 19.0 Å². The second-order valence-electron chi connectivity index (χ2n) is 9.97. The van der Waals surface area contributed by atoms with Crippen molar-refractivity contribution in [1.29, 1.82) is 0 Å². The van der Waals surface area contributed by atoms with Gasteiger partial charge in [0.1, 0.15) is 11.5 Å². The number of guanidine groups is 1. The number of imidazole rings is 1. The molecule has 2 fully saturated rings. The first-order chi connectivity index (χ1) is 16.3. The number of fused-ring (bicyclic) bond motifs is 3. The van der Waals surface area contributed by atoms with Gasteiger partial charge in [-0.05, 0) is 50.8 Å². The maximum Gasteiger partial charge on any atom is 0.206 e. The quantitative estimate of drug-likeness (QED) is 0.709. The smallest absolute Gasteiger partial charge is 0.206 e. The fraction of sp³-hybridized carbons (Fsp3) is 0.577. The second kappa shape index (κ2) is 9.29. The van der Waals surface area contributed by atoms with E-state index in [0.717, 1.165) is 55.2 Å². The molecule has 0 spiro atoms. The van der Waals surface area contributed by atoms with Gasteiger partial charge in [0.15, 0.2) is 11.7 Å². The van der Waals surface area contributed by atoms with E-state index in [2.05, 4.69) is 50.4 Å². The number of benzene rings is 1. The number of hydrogen-bond donors (Lipinski definition) is 2. The van der Waals surface area contributed by atoms with Gasteiger partial charge < -0.3 is 15.2 Å². The molecule has 4 aliphatic rings. The van der Waals surface area contributed by atoms with Crippen LogP contribution in [0, 0.1) is 0 Å². The number of amidine groups is 1. The molecule has 1 saturated carbocycles. The zero-order valence-corrected chi connectivity index (χ0v) is 19.5. The first-order valence-electron chi connectivity index (χ1n) is 12.9. The van der Waals surface area contributed by atoms with Crippen molar-refractivity contribution in [2.45, 2.75) is 63.3 Å². The molecule has 1 saturated heterocycles. The molecule has 3 aliphatic heterocycles. The van der Waals surface area contributed by atoms with Crippen LogP contribution in [-0.2, 0) is 6.42 Å². The summed E-state index contributed by atoms with van der Waals surface area (Å²) in [5, 5.41) is 3.64. The molecule has 4 heterocycles. The van der Waals surface area contributed by atoms with Crippen LogP contribution in [0.2, 0.25) is 0 Å². The van der Waals surface area contributed by atoms with Crippen molar-refractivity contribution in [3.05, 3.63) is 47.4 Å². The summed E-state index contributed by atoms with van der Waals surface area (Å²) >= 11 is 0. The van der Waals surface area contributed by atoms with Crippen molar-refractivity contribution in [2.24, 2.45) is 9.98 Å². The molecule has 2 aromatic rings. The predicted molar refractivity (Wildman–Crippen MR) is 132 cm³/mol. The highest BCUT2D eigenvalue weighted by Gasteiger charge is 2.37. The summed E-state index contributed by atoms with van der Waals surface area (Å²) in [6.07, 6.45) is 10.0. The topological polar surface area (TPSA) is 71.9 Å². The van der Waals surface area contributed by atoms with Gasteiger partial charge in [-0.1, -0.05) is 49.6 Å². The van der Waals surface area contributed by atoms with Crippen LogP contribution < -0.4 is 5.32 Å². The average molecular weight is 446 g/mol. The third-order valence-electron chi connectivity index (χ3n) is 7.56. The number of nitrogens with one attached hydrogen (secondary N) is 2. The van der Waals surface area contributed by atoms with Gasteiger partial charge >= 0.3 is 0 Å². The summed E-state index contributed by atoms with van der Waals surface area (Å²) in [6, 6.07) is 10.9. The summed E-state index contributed by atoms with van der Waals surface area (Å²) in [6.45, 7) is 5.27. The van der Waals surface area contributed by atoms with Crippen LogP contribution in [0.5, 0.6) is 0 Å². The Balaban J connectivity index is 1.23. The largest absolute Gasteiger partial charge is 0.354 e. The molecule has 33 heavy (non-hydrogen) atoms. The second-order valence-corrected chi connectivity index (χ2v) is 9.97. The predicted octanol–water partition coefficient (Wildman–Crippen LogP) is 3.82. The molecule has 0 amide bonds. The van der Waals surface area contributed by atoms with Gasteiger partial charge in [-0.15, -0.1) is 0 Å². The summed E-state index contributed by atoms with van der Waals surface area (Å²) in [4.78, 5) is 23.6. The van der Waals surface area contributed by atoms with Crippen molar-refractivity contribution in [3.8, 4) is 0 Å². The van der Waals surface area contributed by atoms with Crippen LogP contribution in [-0.4, -0.2) is 70.3 Å². The van der Waals surface area contributed by atoms with Crippen molar-refractivity contribution < 1.29 is 0 Å². The van der Waals surface area contributed by atoms with Crippen molar-refractivity contribution in [1.82, 2.24) is 25.1 Å². The van der Waals surface area contributed by atoms with Crippen molar-refractivity contribution in [2.75, 3.05) is 32.7 Å². The minimum atomic E-state index is 0.223. The molecule has 0 bridgehead atoms. The number of H-pyrrole nitrogens is 1. The highest BCUT2D eigenvalue weighted by atomic mass is 15.4. The molecule has 6 rings (SSSR count). The van der Waals surface area contributed by atoms with E-state index in [0.29, 0.717) is 5.92 Å². The first kappa shape index (κ1) is 20.9. The molecule has 7 nitrogen and oxygen atoms in total. The highest BCUT2D eigenvalue weighted by Crippen LogP contribution is 2.36. The molecule has 1 aromatic heterocycles. The molecule has 174 valence electrons. The van der Waals surface area contributed by atoms with Gasteiger partial charge in [-0.2, -0.15) is 4.99 Å². The Morgan fingerprint density at radius 1 is 1.00 bits per heavy atom. The van der Waals surface area contributed by atoms with Crippen molar-refractivity contribution >= 4 is 17.6 Å². The maximum absolute atomic E-state index is 5.17. The Hall–Kier alpha value is -2.67. The number of piperidine rings is 1. The van der Waals surface area contributed by atoms with Crippen LogP contribution in [0.3, 0.4) is 0 Å². The van der Waals surface area contributed by atoms with E-state index in [4.69, 9.17) is 15.0 Å². The van der Waals surface area contributed by atoms with E-state index in [9.17, 15) is 0 Å². The fourth-order valence-corrected chi connectivity index (χ4v) is 5.78. The number of aromatic nitrogens is 2. The molecule has 1 atom stereocenters. The lowest BCUT2D eigenvalue weighted by Gasteiger charge is -2.29. The molecule has 2 N–H and O–H groups in total. The first-order valence-corrected chi connectivity index (χ1v) is 12.9. The van der Waals surface area contributed by atoms with E-state index in [-0.39, 0.29) is 6.04 Å². The van der Waals surface area contributed by atoms with Crippen LogP contribution in [0.15, 0.2) is 40.3 Å². The van der Waals surface area contributed by atoms with Gasteiger partial charge in [0.25, 0.3) is 0 Å². The number of likely N-dealkylation sites (tertiary alicyclic amines) is 1. The summed E-state index contributed by atoms with van der Waals surface area (Å²) < 4.78 is 0. The number of aliphatic imine (C=N–C) groups is 2. The molecule has 0 radical (unpaired) electrons. The van der Waals surface area contributed by atoms with E-state index >= 15 is 0 Å². The van der Waals surface area contributed by atoms with Crippen molar-refractivity contribution in [3.63, 3.8) is 0 Å². The van der Waals surface area contributed by atoms with E-state index in [1.165, 1.54) is 63.6 Å². The van der Waals surface area contributed by atoms with Crippen LogP contribution in [0.4, 0.5) is 5.82 Å². The Kier molecular flexibility index (Phi) is 5.89. The lowest BCUT2D eigenvalue weighted by molar-refractivity contribution is 0.232. The molecular formula is C26H35N7. The summed E-state index contributed by atoms with van der Waals surface area (Å²) in [7, 11) is 0. The lowest BCUT2D eigenvalue weighted by atomic mass is 10.1. The maximum atomic E-state index is 5.17. The van der Waals surface area contributed by atoms with E-state index in [1.54, 1.807) is 0 Å². The highest BCUT2D eigenvalue weighted by molar-refractivity contribution is 6.14. The fourth-order valence-electron chi connectivity index (χ4n) is 5.78. The monoisotopic (exact) mass is 445 g/mol. The zero-order valence-electron chi connectivity index (χ0n) is 19.5. The Morgan fingerprint density at radius 3 is 2.64 bits per heavy atom. The van der Waals surface area contributed by atoms with Gasteiger partial charge in [-0.25, -0.2) is 4.98 Å². The molecule has 1 aliphatic carbocycles. The summed E-state index contributed by atoms with van der Waals surface area (Å²) in [5.74, 6) is 4.38. The normalized spacial score (nSPS) is 23.3. The average Bonchev–Trinajstić information content (AvgIpc) is 3.59. The van der Waals surface area contributed by atoms with Crippen LogP contribution in [0.25, 0.3) is 0 Å². The van der Waals surface area contributed by atoms with Crippen LogP contribution in [0.1, 0.15) is 67.9 Å². The molecular weight excluding hydrogens is 410 g/mol. The van der Waals surface area contributed by atoms with E-state index < -0.39 is 0 Å². The Bertz CT molecular complexity index is 1010. The molecule has 7 heteroatoms. The van der Waals surface area contributed by atoms with Crippen LogP contribution >= 0.6 is 0 Å². The minimum absolute atomic E-state index is 0.223. The van der Waals surface area contributed by atoms with E-state index in [1.807, 2.05) is 0 Å². The molecule has 0 unspecified atom stereocenters. The minimum Gasteiger partial charge on any atom is -0.354 e. The zero-order chi connectivity index (χ0) is 22.0. The van der Waals surface area contributed by atoms with Gasteiger partial charge in [0.2, 0.25) is 5.96 Å². The Labute approximate surface area is 196 Å². The lowest BCUT2D eigenvalue weighted by Crippen LogP contribution is -2.48. The number of rotatable bonds is 6. The number of nitrogens with zero attached hydrogens (tertiary/aromatic N) is 5. The number of hydrogen-bond acceptors (Lipinski definition) is 6. The van der Waals surface area contributed by atoms with Gasteiger partial charge in [-0.3, -0.25) is 9.89 Å². The summed E-state index contributed by atoms with van der Waals surface area (Å²) in [5.41, 5.74) is 2.34. The standard InChI is InChI=1S/C26H35N7/c1-3-9-19(10-4-1)17-21-18-33-25(28-21)22-24(30-23(29-22)20-11-5-6-12-20)31-26(33)27-13-16-32-14-7-2-8-15-32/h1,3-4,9-10,20-21H,2,5-8,11-18H2,(H,27,31)(H,29,30)/t21-/m1/s1. The third kappa shape index (κ3) is 4.43. The SMILES string of the molecule is c1ccc(C[C@@H]2CN3C(NCCN4CCCCC4)=Nc4nc(C5CCCC5)[nH]c4C3=N2)cc1. The molecule has 1 aromatic carbocycles. The number of aromatic amines is 1. The van der Waals surface area contributed by atoms with Gasteiger partial charge in [0.05, 0.1) is 12.6 Å².